The Kier molecular flexibility index (Phi) is 38.0. The highest BCUT2D eigenvalue weighted by atomic mass is 32.1. The number of likely N-dealkylation sites (N-methyl/N-ethyl adjacent to an activating group) is 1. The average Bonchev–Trinajstić information content (AvgIpc) is 3.82. The third kappa shape index (κ3) is 31.9. The number of aromatic nitrogens is 2. The van der Waals surface area contributed by atoms with Crippen LogP contribution in [0.3, 0.4) is 0 Å². The third-order valence-corrected chi connectivity index (χ3v) is 14.1. The first-order valence-electron chi connectivity index (χ1n) is 28.4. The van der Waals surface area contributed by atoms with Crippen LogP contribution in [0.5, 0.6) is 5.88 Å². The maximum Gasteiger partial charge on any atom is 0.512 e. The number of carbonyl (C=O) groups excluding carboxylic acids is 4. The molecule has 14 heteroatoms. The first-order valence-corrected chi connectivity index (χ1v) is 29.2. The Balaban J connectivity index is 1.74. The number of quaternary nitrogens is 1. The van der Waals surface area contributed by atoms with E-state index in [4.69, 9.17) is 28.4 Å². The van der Waals surface area contributed by atoms with Gasteiger partial charge >= 0.3 is 24.1 Å². The van der Waals surface area contributed by atoms with Gasteiger partial charge in [-0.1, -0.05) is 200 Å². The van der Waals surface area contributed by atoms with Crippen LogP contribution >= 0.6 is 11.7 Å². The maximum atomic E-state index is 13.0. The monoisotopic (exact) mass is 1010 g/mol. The SMILES string of the molecule is CCCCCCCCCCCCCCCC(=O)OCC(COC(=O)CCCCCCCCCCCCCCC)OC(=O)CCCOC(=O)O[C@@H](C)[N+]1(C)CCC=C(c2nsnc2OCCCCCC)C1. The topological polar surface area (TPSA) is 149 Å². The number of ether oxygens (including phenoxy) is 6. The van der Waals surface area contributed by atoms with Crippen LogP contribution in [0.15, 0.2) is 6.08 Å². The van der Waals surface area contributed by atoms with E-state index in [1.807, 2.05) is 14.0 Å². The van der Waals surface area contributed by atoms with Gasteiger partial charge in [0.15, 0.2) is 6.10 Å². The van der Waals surface area contributed by atoms with Crippen molar-refractivity contribution < 1.29 is 52.1 Å². The lowest BCUT2D eigenvalue weighted by atomic mass is 10.0. The number of rotatable bonds is 46. The van der Waals surface area contributed by atoms with Gasteiger partial charge in [-0.2, -0.15) is 4.37 Å². The van der Waals surface area contributed by atoms with Gasteiger partial charge < -0.3 is 28.4 Å². The Morgan fingerprint density at radius 3 is 1.47 bits per heavy atom. The lowest BCUT2D eigenvalue weighted by Gasteiger charge is -2.41. The van der Waals surface area contributed by atoms with Crippen LogP contribution in [-0.2, 0) is 38.1 Å². The molecule has 0 fully saturated rings. The minimum absolute atomic E-state index is 0.0497. The minimum atomic E-state index is -0.938. The van der Waals surface area contributed by atoms with E-state index in [0.29, 0.717) is 23.5 Å². The third-order valence-electron chi connectivity index (χ3n) is 13.6. The van der Waals surface area contributed by atoms with E-state index >= 15 is 0 Å². The van der Waals surface area contributed by atoms with Crippen LogP contribution in [0.2, 0.25) is 0 Å². The smallest absolute Gasteiger partial charge is 0.475 e. The molecule has 1 aromatic heterocycles. The summed E-state index contributed by atoms with van der Waals surface area (Å²) in [7, 11) is 2.04. The predicted molar refractivity (Wildman–Crippen MR) is 282 cm³/mol. The number of esters is 3. The summed E-state index contributed by atoms with van der Waals surface area (Å²) in [6.07, 6.45) is 37.5. The normalized spacial score (nSPS) is 15.1. The standard InChI is InChI=1S/C56H100N3O10S/c1-6-9-12-15-17-19-21-23-25-27-29-31-33-39-51(60)66-46-50(47-67-52(61)40-34-32-30-28-26-24-22-20-18-16-13-10-7-2)69-53(62)41-37-44-65-56(63)68-48(4)59(5)42-36-38-49(45-59)54-55(58-70-57-54)64-43-35-14-11-8-3/h38,48,50H,6-37,39-47H2,1-5H3/q+1/t48-,59?/m0/s1. The van der Waals surface area contributed by atoms with Gasteiger partial charge in [0.2, 0.25) is 6.23 Å². The van der Waals surface area contributed by atoms with Crippen molar-refractivity contribution in [2.45, 2.75) is 265 Å². The van der Waals surface area contributed by atoms with Gasteiger partial charge in [-0.3, -0.25) is 18.9 Å². The molecular weight excluding hydrogens is 907 g/mol. The van der Waals surface area contributed by atoms with Crippen LogP contribution in [0.25, 0.3) is 5.57 Å². The molecule has 2 heterocycles. The first-order chi connectivity index (χ1) is 34.1. The zero-order valence-corrected chi connectivity index (χ0v) is 45.9. The molecule has 0 amide bonds. The zero-order chi connectivity index (χ0) is 50.8. The second-order valence-electron chi connectivity index (χ2n) is 20.1. The molecule has 0 spiro atoms. The number of nitrogens with zero attached hydrogens (tertiary/aromatic N) is 3. The Hall–Kier alpha value is -3.26. The van der Waals surface area contributed by atoms with Crippen molar-refractivity contribution in [1.29, 1.82) is 0 Å². The largest absolute Gasteiger partial charge is 0.512 e. The molecule has 0 bridgehead atoms. The lowest BCUT2D eigenvalue weighted by Crippen LogP contribution is -2.55. The van der Waals surface area contributed by atoms with Crippen molar-refractivity contribution in [3.63, 3.8) is 0 Å². The number of hydrogen-bond donors (Lipinski definition) is 0. The summed E-state index contributed by atoms with van der Waals surface area (Å²) in [4.78, 5) is 51.2. The van der Waals surface area contributed by atoms with Crippen molar-refractivity contribution in [3.8, 4) is 5.88 Å². The molecule has 2 rings (SSSR count). The van der Waals surface area contributed by atoms with Gasteiger partial charge in [-0.15, -0.1) is 4.37 Å². The summed E-state index contributed by atoms with van der Waals surface area (Å²) in [5.41, 5.74) is 1.76. The fourth-order valence-electron chi connectivity index (χ4n) is 8.84. The molecule has 0 saturated heterocycles. The van der Waals surface area contributed by atoms with E-state index in [2.05, 4.69) is 35.6 Å². The second-order valence-corrected chi connectivity index (χ2v) is 20.6. The maximum absolute atomic E-state index is 13.0. The molecule has 1 unspecified atom stereocenters. The van der Waals surface area contributed by atoms with Gasteiger partial charge in [0.25, 0.3) is 5.88 Å². The van der Waals surface area contributed by atoms with E-state index in [0.717, 1.165) is 93.7 Å². The lowest BCUT2D eigenvalue weighted by molar-refractivity contribution is -0.944. The fourth-order valence-corrected chi connectivity index (χ4v) is 9.37. The highest BCUT2D eigenvalue weighted by Gasteiger charge is 2.37. The van der Waals surface area contributed by atoms with Gasteiger partial charge in [0, 0.05) is 38.2 Å². The minimum Gasteiger partial charge on any atom is -0.475 e. The quantitative estimate of drug-likeness (QED) is 0.0265. The fraction of sp³-hybridized carbons (Fsp3) is 0.857. The number of unbranched alkanes of at least 4 members (excludes halogenated alkanes) is 27. The first kappa shape index (κ1) is 62.9. The van der Waals surface area contributed by atoms with E-state index in [-0.39, 0.29) is 57.4 Å². The molecule has 1 aliphatic heterocycles. The Morgan fingerprint density at radius 2 is 0.986 bits per heavy atom. The molecule has 2 atom stereocenters. The van der Waals surface area contributed by atoms with Crippen molar-refractivity contribution >= 4 is 41.4 Å². The molecule has 0 aromatic carbocycles. The molecule has 0 aliphatic carbocycles. The molecule has 0 N–H and O–H groups in total. The molecule has 70 heavy (non-hydrogen) atoms. The van der Waals surface area contributed by atoms with E-state index in [1.165, 1.54) is 135 Å². The molecule has 1 aliphatic rings. The summed E-state index contributed by atoms with van der Waals surface area (Å²) in [6, 6.07) is 0. The summed E-state index contributed by atoms with van der Waals surface area (Å²) >= 11 is 1.13. The summed E-state index contributed by atoms with van der Waals surface area (Å²) in [6.45, 7) is 10.0. The van der Waals surface area contributed by atoms with E-state index < -0.39 is 24.5 Å². The van der Waals surface area contributed by atoms with Crippen LogP contribution in [0, 0.1) is 0 Å². The van der Waals surface area contributed by atoms with Gasteiger partial charge in [0.1, 0.15) is 25.5 Å². The predicted octanol–water partition coefficient (Wildman–Crippen LogP) is 15.0. The molecule has 1 aromatic rings. The van der Waals surface area contributed by atoms with E-state index in [1.54, 1.807) is 0 Å². The Labute approximate surface area is 429 Å². The molecule has 0 saturated carbocycles. The summed E-state index contributed by atoms with van der Waals surface area (Å²) in [5.74, 6) is -0.726. The highest BCUT2D eigenvalue weighted by molar-refractivity contribution is 6.99. The molecule has 13 nitrogen and oxygen atoms in total. The van der Waals surface area contributed by atoms with Crippen molar-refractivity contribution in [1.82, 2.24) is 8.75 Å². The molecular formula is C56H100N3O10S+. The van der Waals surface area contributed by atoms with Gasteiger partial charge in [-0.05, 0) is 25.7 Å². The Morgan fingerprint density at radius 1 is 0.543 bits per heavy atom. The van der Waals surface area contributed by atoms with Crippen molar-refractivity contribution in [3.05, 3.63) is 11.8 Å². The number of hydrogen-bond acceptors (Lipinski definition) is 13. The van der Waals surface area contributed by atoms with Crippen LogP contribution in [0.4, 0.5) is 4.79 Å². The number of carbonyl (C=O) groups is 4. The zero-order valence-electron chi connectivity index (χ0n) is 45.1. The second kappa shape index (κ2) is 42.3. The Bertz CT molecular complexity index is 1480. The van der Waals surface area contributed by atoms with Crippen molar-refractivity contribution in [2.24, 2.45) is 0 Å². The molecule has 404 valence electrons. The van der Waals surface area contributed by atoms with Crippen LogP contribution in [0.1, 0.15) is 258 Å². The van der Waals surface area contributed by atoms with Crippen LogP contribution < -0.4 is 4.74 Å². The summed E-state index contributed by atoms with van der Waals surface area (Å²) in [5, 5.41) is 0. The molecule has 0 radical (unpaired) electrons. The van der Waals surface area contributed by atoms with Crippen LogP contribution in [-0.4, -0.2) is 96.2 Å². The van der Waals surface area contributed by atoms with Gasteiger partial charge in [-0.25, -0.2) is 4.79 Å². The van der Waals surface area contributed by atoms with Gasteiger partial charge in [0.05, 0.1) is 38.5 Å². The average molecular weight is 1010 g/mol. The highest BCUT2D eigenvalue weighted by Crippen LogP contribution is 2.32. The van der Waals surface area contributed by atoms with E-state index in [9.17, 15) is 19.2 Å². The van der Waals surface area contributed by atoms with Crippen molar-refractivity contribution in [2.75, 3.05) is 46.6 Å². The summed E-state index contributed by atoms with van der Waals surface area (Å²) < 4.78 is 43.2.